The molecule has 0 aromatic heterocycles. The van der Waals surface area contributed by atoms with E-state index in [-0.39, 0.29) is 62.0 Å². The first kappa shape index (κ1) is 29.8. The fourth-order valence-corrected chi connectivity index (χ4v) is 2.69. The van der Waals surface area contributed by atoms with Crippen LogP contribution in [0.2, 0.25) is 0 Å². The van der Waals surface area contributed by atoms with Gasteiger partial charge in [0.15, 0.2) is 6.29 Å². The normalized spacial score (nSPS) is 20.9. The first-order valence-corrected chi connectivity index (χ1v) is 8.12. The fraction of sp³-hybridized carbons (Fsp3) is 1.00. The van der Waals surface area contributed by atoms with Gasteiger partial charge in [0, 0.05) is 0 Å². The van der Waals surface area contributed by atoms with Gasteiger partial charge in [0.25, 0.3) is 0 Å². The maximum Gasteiger partial charge on any atom is 1.00 e. The molecule has 0 aliphatic rings. The zero-order chi connectivity index (χ0) is 17.0. The molecule has 0 saturated heterocycles. The van der Waals surface area contributed by atoms with Crippen LogP contribution in [0.15, 0.2) is 0 Å². The van der Waals surface area contributed by atoms with Gasteiger partial charge in [0.05, 0.1) is 6.61 Å². The predicted octanol–water partition coefficient (Wildman–Crippen LogP) is -9.80. The van der Waals surface area contributed by atoms with E-state index in [9.17, 15) is 29.6 Å². The second-order valence-corrected chi connectivity index (χ2v) is 6.54. The Kier molecular flexibility index (Phi) is 16.1. The molecule has 2 unspecified atom stereocenters. The Labute approximate surface area is 177 Å². The van der Waals surface area contributed by atoms with Crippen molar-refractivity contribution in [3.63, 3.8) is 0 Å². The summed E-state index contributed by atoms with van der Waals surface area (Å²) in [6, 6.07) is 0. The average molecular weight is 406 g/mol. The largest absolute Gasteiger partial charge is 1.00 e. The second-order valence-electron chi connectivity index (χ2n) is 3.76. The van der Waals surface area contributed by atoms with Crippen molar-refractivity contribution in [1.82, 2.24) is 0 Å². The molecule has 0 aliphatic carbocycles. The molecule has 6 atom stereocenters. The van der Waals surface area contributed by atoms with Gasteiger partial charge in [-0.3, -0.25) is 4.52 Å². The quantitative estimate of drug-likeness (QED) is 0.0984. The molecule has 0 heterocycles. The van der Waals surface area contributed by atoms with Gasteiger partial charge in [-0.05, 0) is 0 Å². The third-order valence-electron chi connectivity index (χ3n) is 2.02. The van der Waals surface area contributed by atoms with E-state index < -0.39 is 53.0 Å². The van der Waals surface area contributed by atoms with Crippen molar-refractivity contribution in [3.05, 3.63) is 0 Å². The van der Waals surface area contributed by atoms with E-state index in [1.807, 2.05) is 0 Å². The Balaban J connectivity index is -0.000000333. The van der Waals surface area contributed by atoms with Gasteiger partial charge in [-0.1, -0.05) is 0 Å². The molecule has 13 nitrogen and oxygen atoms in total. The minimum atomic E-state index is -5.50. The standard InChI is InChI=1S/C6H16O13P2.2Na.2H/c7-1-2(8)3(9)4(10)5(11)6(12)18-21(16,17)19-20(13,14)15;;;;/h2-12H,1H2,(H,16,17)(H2,13,14,15);;;;/q;2*+1;2*-1/t2-,3-,4+,5-,6?;;;;/m1..../s1. The molecule has 0 rings (SSSR count). The summed E-state index contributed by atoms with van der Waals surface area (Å²) in [6.45, 7) is -1.01. The number of phosphoric acid groups is 2. The SMILES string of the molecule is O=P(O)(O)OP(=O)(O)OC(O)[C@H](O)[C@@H](O)[C@H](O)[C@H](O)CO.[H-].[H-].[Na+].[Na+]. The molecule has 0 radical (unpaired) electrons. The summed E-state index contributed by atoms with van der Waals surface area (Å²) in [4.78, 5) is 25.4. The van der Waals surface area contributed by atoms with E-state index in [0.717, 1.165) is 0 Å². The Hall–Kier alpha value is 2.02. The summed E-state index contributed by atoms with van der Waals surface area (Å²) in [5.41, 5.74) is 0. The summed E-state index contributed by atoms with van der Waals surface area (Å²) >= 11 is 0. The zero-order valence-electron chi connectivity index (χ0n) is 14.1. The summed E-state index contributed by atoms with van der Waals surface area (Å²) in [5, 5.41) is 54.5. The number of hydrogen-bond acceptors (Lipinski definition) is 10. The van der Waals surface area contributed by atoms with Gasteiger partial charge in [0.2, 0.25) is 0 Å². The molecule has 0 amide bonds. The summed E-state index contributed by atoms with van der Waals surface area (Å²) in [6.07, 6.45) is -11.6. The minimum Gasteiger partial charge on any atom is -1.00 e. The molecule has 0 saturated carbocycles. The van der Waals surface area contributed by atoms with Crippen LogP contribution in [0.5, 0.6) is 0 Å². The maximum absolute atomic E-state index is 11.0. The third-order valence-corrected chi connectivity index (χ3v) is 4.18. The van der Waals surface area contributed by atoms with Crippen molar-refractivity contribution in [1.29, 1.82) is 0 Å². The summed E-state index contributed by atoms with van der Waals surface area (Å²) in [5.74, 6) is 0. The molecule has 0 fully saturated rings. The predicted molar refractivity (Wildman–Crippen MR) is 63.4 cm³/mol. The maximum atomic E-state index is 11.0. The average Bonchev–Trinajstić information content (AvgIpc) is 2.31. The van der Waals surface area contributed by atoms with Gasteiger partial charge in [-0.2, -0.15) is 4.31 Å². The van der Waals surface area contributed by atoms with Crippen LogP contribution < -0.4 is 59.1 Å². The van der Waals surface area contributed by atoms with Crippen molar-refractivity contribution < 1.29 is 125 Å². The summed E-state index contributed by atoms with van der Waals surface area (Å²) in [7, 11) is -11.0. The van der Waals surface area contributed by atoms with Gasteiger partial charge in [0.1, 0.15) is 24.4 Å². The zero-order valence-corrected chi connectivity index (χ0v) is 17.9. The molecule has 0 aliphatic heterocycles. The third kappa shape index (κ3) is 12.1. The second kappa shape index (κ2) is 12.4. The molecule has 17 heteroatoms. The number of hydrogen-bond donors (Lipinski definition) is 9. The van der Waals surface area contributed by atoms with Crippen LogP contribution in [0.25, 0.3) is 0 Å². The first-order valence-electron chi connectivity index (χ1n) is 5.10. The van der Waals surface area contributed by atoms with Crippen molar-refractivity contribution in [3.8, 4) is 0 Å². The number of rotatable bonds is 9. The topological polar surface area (TPSA) is 235 Å². The Morgan fingerprint density at radius 1 is 0.870 bits per heavy atom. The van der Waals surface area contributed by atoms with Crippen molar-refractivity contribution in [2.75, 3.05) is 6.61 Å². The van der Waals surface area contributed by atoms with Crippen LogP contribution in [0.3, 0.4) is 0 Å². The Bertz CT molecular complexity index is 427. The molecule has 0 aromatic carbocycles. The number of aliphatic hydroxyl groups excluding tert-OH is 6. The summed E-state index contributed by atoms with van der Waals surface area (Å²) < 4.78 is 28.4. The van der Waals surface area contributed by atoms with Crippen LogP contribution in [0.4, 0.5) is 0 Å². The molecule has 132 valence electrons. The van der Waals surface area contributed by atoms with E-state index in [1.54, 1.807) is 0 Å². The van der Waals surface area contributed by atoms with Gasteiger partial charge < -0.3 is 48.2 Å². The molecular formula is C6H18Na2O13P2. The van der Waals surface area contributed by atoms with Crippen molar-refractivity contribution in [2.45, 2.75) is 30.7 Å². The molecule has 9 N–H and O–H groups in total. The molecular weight excluding hydrogens is 388 g/mol. The van der Waals surface area contributed by atoms with Crippen LogP contribution in [-0.2, 0) is 18.0 Å². The van der Waals surface area contributed by atoms with Gasteiger partial charge in [-0.15, -0.1) is 0 Å². The molecule has 0 bridgehead atoms. The number of phosphoric ester groups is 1. The van der Waals surface area contributed by atoms with Crippen molar-refractivity contribution in [2.24, 2.45) is 0 Å². The number of aliphatic hydroxyl groups is 6. The molecule has 23 heavy (non-hydrogen) atoms. The Morgan fingerprint density at radius 2 is 1.30 bits per heavy atom. The van der Waals surface area contributed by atoms with Crippen LogP contribution in [0, 0.1) is 0 Å². The molecule has 0 aromatic rings. The van der Waals surface area contributed by atoms with E-state index in [4.69, 9.17) is 24.9 Å². The van der Waals surface area contributed by atoms with Crippen LogP contribution in [0.1, 0.15) is 2.85 Å². The van der Waals surface area contributed by atoms with Crippen LogP contribution >= 0.6 is 15.6 Å². The van der Waals surface area contributed by atoms with E-state index >= 15 is 0 Å². The fourth-order valence-electron chi connectivity index (χ4n) is 1.06. The first-order chi connectivity index (χ1) is 9.30. The van der Waals surface area contributed by atoms with Gasteiger partial charge in [-0.25, -0.2) is 9.13 Å². The van der Waals surface area contributed by atoms with E-state index in [2.05, 4.69) is 8.83 Å². The monoisotopic (exact) mass is 406 g/mol. The smallest absolute Gasteiger partial charge is 1.00 e. The van der Waals surface area contributed by atoms with E-state index in [0.29, 0.717) is 0 Å². The van der Waals surface area contributed by atoms with Crippen molar-refractivity contribution >= 4 is 15.6 Å². The van der Waals surface area contributed by atoms with E-state index in [1.165, 1.54) is 0 Å². The Morgan fingerprint density at radius 3 is 1.65 bits per heavy atom. The van der Waals surface area contributed by atoms with Gasteiger partial charge >= 0.3 is 74.8 Å². The minimum absolute atomic E-state index is 0. The molecule has 0 spiro atoms. The van der Waals surface area contributed by atoms with Crippen LogP contribution in [-0.4, -0.2) is 82.6 Å².